The second-order valence-electron chi connectivity index (χ2n) is 8.13. The van der Waals surface area contributed by atoms with Crippen LogP contribution in [0, 0.1) is 29.1 Å². The van der Waals surface area contributed by atoms with E-state index < -0.39 is 0 Å². The van der Waals surface area contributed by atoms with Gasteiger partial charge in [-0.3, -0.25) is 4.79 Å². The lowest BCUT2D eigenvalue weighted by Crippen LogP contribution is -2.42. The Labute approximate surface area is 133 Å². The van der Waals surface area contributed by atoms with Gasteiger partial charge in [0, 0.05) is 23.8 Å². The molecule has 2 aliphatic carbocycles. The number of hydrogen-bond donors (Lipinski definition) is 0. The van der Waals surface area contributed by atoms with E-state index in [0.717, 1.165) is 32.1 Å². The Morgan fingerprint density at radius 1 is 1.32 bits per heavy atom. The Balaban J connectivity index is 1.69. The van der Waals surface area contributed by atoms with Crippen molar-refractivity contribution >= 4 is 11.8 Å². The largest absolute Gasteiger partial charge is 0.459 e. The number of ether oxygens (including phenoxy) is 1. The molecule has 0 radical (unpaired) electrons. The van der Waals surface area contributed by atoms with Gasteiger partial charge in [-0.25, -0.2) is 4.79 Å². The molecule has 0 spiro atoms. The summed E-state index contributed by atoms with van der Waals surface area (Å²) in [4.78, 5) is 24.0. The van der Waals surface area contributed by atoms with Crippen LogP contribution in [0.3, 0.4) is 0 Å². The van der Waals surface area contributed by atoms with Crippen molar-refractivity contribution in [2.75, 3.05) is 0 Å². The van der Waals surface area contributed by atoms with Crippen molar-refractivity contribution in [3.05, 3.63) is 12.2 Å². The molecule has 1 unspecified atom stereocenters. The maximum atomic E-state index is 12.5. The highest BCUT2D eigenvalue weighted by molar-refractivity contribution is 5.89. The van der Waals surface area contributed by atoms with Gasteiger partial charge in [0.25, 0.3) is 0 Å². The van der Waals surface area contributed by atoms with Crippen molar-refractivity contribution in [2.24, 2.45) is 29.1 Å². The first kappa shape index (κ1) is 15.8. The van der Waals surface area contributed by atoms with Crippen molar-refractivity contribution in [3.8, 4) is 0 Å². The predicted molar refractivity (Wildman–Crippen MR) is 85.1 cm³/mol. The smallest absolute Gasteiger partial charge is 0.333 e. The van der Waals surface area contributed by atoms with E-state index in [1.54, 1.807) is 0 Å². The molecule has 1 heterocycles. The fourth-order valence-corrected chi connectivity index (χ4v) is 5.38. The van der Waals surface area contributed by atoms with Gasteiger partial charge in [-0.15, -0.1) is 0 Å². The van der Waals surface area contributed by atoms with Gasteiger partial charge < -0.3 is 4.74 Å². The van der Waals surface area contributed by atoms with Crippen LogP contribution in [0.15, 0.2) is 12.2 Å². The molecule has 0 N–H and O–H groups in total. The Bertz CT molecular complexity index is 493. The highest BCUT2D eigenvalue weighted by atomic mass is 16.5. The maximum absolute atomic E-state index is 12.5. The van der Waals surface area contributed by atoms with Crippen LogP contribution in [-0.2, 0) is 14.3 Å². The number of cyclic esters (lactones) is 1. The van der Waals surface area contributed by atoms with E-state index >= 15 is 0 Å². The zero-order valence-corrected chi connectivity index (χ0v) is 14.1. The molecule has 122 valence electrons. The summed E-state index contributed by atoms with van der Waals surface area (Å²) < 4.78 is 5.41. The van der Waals surface area contributed by atoms with Crippen LogP contribution in [0.2, 0.25) is 0 Å². The Hall–Kier alpha value is -1.12. The summed E-state index contributed by atoms with van der Waals surface area (Å²) in [5.74, 6) is 1.82. The molecule has 0 aromatic heterocycles. The summed E-state index contributed by atoms with van der Waals surface area (Å²) in [6.45, 7) is 10.5. The lowest BCUT2D eigenvalue weighted by Gasteiger charge is -2.44. The monoisotopic (exact) mass is 304 g/mol. The Morgan fingerprint density at radius 2 is 2.05 bits per heavy atom. The van der Waals surface area contributed by atoms with Crippen LogP contribution in [0.1, 0.15) is 59.3 Å². The molecule has 0 bridgehead atoms. The number of esters is 1. The molecule has 1 aliphatic heterocycles. The summed E-state index contributed by atoms with van der Waals surface area (Å²) >= 11 is 0. The average molecular weight is 304 g/mol. The third kappa shape index (κ3) is 2.43. The predicted octanol–water partition coefficient (Wildman–Crippen LogP) is 3.92. The molecule has 3 nitrogen and oxygen atoms in total. The summed E-state index contributed by atoms with van der Waals surface area (Å²) in [7, 11) is 0. The van der Waals surface area contributed by atoms with Gasteiger partial charge in [0.2, 0.25) is 0 Å². The molecule has 0 aromatic rings. The normalized spacial score (nSPS) is 43.1. The van der Waals surface area contributed by atoms with Gasteiger partial charge in [0.15, 0.2) is 0 Å². The first-order chi connectivity index (χ1) is 10.3. The summed E-state index contributed by atoms with van der Waals surface area (Å²) in [5.41, 5.74) is 0.761. The van der Waals surface area contributed by atoms with E-state index in [1.165, 1.54) is 0 Å². The fourth-order valence-electron chi connectivity index (χ4n) is 5.38. The summed E-state index contributed by atoms with van der Waals surface area (Å²) in [6, 6.07) is 0. The van der Waals surface area contributed by atoms with Crippen molar-refractivity contribution in [2.45, 2.75) is 65.4 Å². The van der Waals surface area contributed by atoms with E-state index in [-0.39, 0.29) is 29.3 Å². The first-order valence-corrected chi connectivity index (χ1v) is 8.75. The summed E-state index contributed by atoms with van der Waals surface area (Å²) in [5, 5.41) is 0. The second-order valence-corrected chi connectivity index (χ2v) is 8.13. The SMILES string of the molecule is C=C1C[C@@H](C[C@@H](C)[C@H]2CCC3C(=O)[C@@H](C)CC[C@@]32C)OC1=O. The van der Waals surface area contributed by atoms with Gasteiger partial charge in [-0.1, -0.05) is 27.4 Å². The number of ketones is 1. The third-order valence-electron chi connectivity index (χ3n) is 6.71. The minimum absolute atomic E-state index is 0.00383. The molecular formula is C19H28O3. The van der Waals surface area contributed by atoms with Gasteiger partial charge in [0.05, 0.1) is 0 Å². The zero-order valence-electron chi connectivity index (χ0n) is 14.1. The maximum Gasteiger partial charge on any atom is 0.333 e. The van der Waals surface area contributed by atoms with E-state index in [9.17, 15) is 9.59 Å². The number of Topliss-reactive ketones (excluding diaryl/α,β-unsaturated/α-hetero) is 1. The zero-order chi connectivity index (χ0) is 16.1. The quantitative estimate of drug-likeness (QED) is 0.586. The van der Waals surface area contributed by atoms with Crippen LogP contribution >= 0.6 is 0 Å². The summed E-state index contributed by atoms with van der Waals surface area (Å²) in [6.07, 6.45) is 5.96. The van der Waals surface area contributed by atoms with Gasteiger partial charge in [0.1, 0.15) is 11.9 Å². The molecular weight excluding hydrogens is 276 g/mol. The van der Waals surface area contributed by atoms with E-state index in [4.69, 9.17) is 4.74 Å². The van der Waals surface area contributed by atoms with Gasteiger partial charge in [-0.2, -0.15) is 0 Å². The minimum atomic E-state index is -0.227. The lowest BCUT2D eigenvalue weighted by atomic mass is 9.60. The topological polar surface area (TPSA) is 43.4 Å². The number of hydrogen-bond acceptors (Lipinski definition) is 3. The van der Waals surface area contributed by atoms with Crippen molar-refractivity contribution in [3.63, 3.8) is 0 Å². The Morgan fingerprint density at radius 3 is 2.68 bits per heavy atom. The molecule has 3 rings (SSSR count). The highest BCUT2D eigenvalue weighted by Gasteiger charge is 2.54. The van der Waals surface area contributed by atoms with Crippen molar-refractivity contribution in [1.29, 1.82) is 0 Å². The van der Waals surface area contributed by atoms with Gasteiger partial charge >= 0.3 is 5.97 Å². The number of carbonyl (C=O) groups is 2. The average Bonchev–Trinajstić information content (AvgIpc) is 2.96. The van der Waals surface area contributed by atoms with Crippen molar-refractivity contribution in [1.82, 2.24) is 0 Å². The molecule has 0 amide bonds. The molecule has 6 atom stereocenters. The van der Waals surface area contributed by atoms with Crippen LogP contribution in [0.25, 0.3) is 0 Å². The standard InChI is InChI=1S/C19H28O3/c1-11-7-8-19(4)15(5-6-16(19)17(11)20)12(2)9-14-10-13(3)18(21)22-14/h11-12,14-16H,3,5-10H2,1-2,4H3/t11-,12+,14+,15+,16?,19+/m0/s1. The van der Waals surface area contributed by atoms with E-state index in [1.807, 2.05) is 0 Å². The van der Waals surface area contributed by atoms with Crippen molar-refractivity contribution < 1.29 is 14.3 Å². The fraction of sp³-hybridized carbons (Fsp3) is 0.789. The molecule has 3 fully saturated rings. The van der Waals surface area contributed by atoms with E-state index in [0.29, 0.717) is 29.6 Å². The van der Waals surface area contributed by atoms with E-state index in [2.05, 4.69) is 27.4 Å². The number of fused-ring (bicyclic) bond motifs is 1. The van der Waals surface area contributed by atoms with Gasteiger partial charge in [-0.05, 0) is 49.4 Å². The molecule has 3 heteroatoms. The molecule has 1 saturated heterocycles. The molecule has 22 heavy (non-hydrogen) atoms. The lowest BCUT2D eigenvalue weighted by molar-refractivity contribution is -0.139. The molecule has 2 saturated carbocycles. The second kappa shape index (κ2) is 5.50. The number of rotatable bonds is 3. The number of carbonyl (C=O) groups excluding carboxylic acids is 2. The van der Waals surface area contributed by atoms with Crippen LogP contribution in [-0.4, -0.2) is 17.9 Å². The molecule has 3 aliphatic rings. The minimum Gasteiger partial charge on any atom is -0.459 e. The van der Waals surface area contributed by atoms with Crippen LogP contribution < -0.4 is 0 Å². The van der Waals surface area contributed by atoms with Crippen LogP contribution in [0.4, 0.5) is 0 Å². The highest BCUT2D eigenvalue weighted by Crippen LogP contribution is 2.58. The third-order valence-corrected chi connectivity index (χ3v) is 6.71. The Kier molecular flexibility index (Phi) is 3.94. The first-order valence-electron chi connectivity index (χ1n) is 8.75. The van der Waals surface area contributed by atoms with Crippen LogP contribution in [0.5, 0.6) is 0 Å². The molecule has 0 aromatic carbocycles.